The molecule has 1 aromatic rings. The predicted molar refractivity (Wildman–Crippen MR) is 88.9 cm³/mol. The van der Waals surface area contributed by atoms with E-state index in [1.54, 1.807) is 0 Å². The second kappa shape index (κ2) is 5.77. The van der Waals surface area contributed by atoms with Crippen LogP contribution >= 0.6 is 28.1 Å². The third-order valence-corrected chi connectivity index (χ3v) is 4.68. The Morgan fingerprint density at radius 1 is 1.42 bits per heavy atom. The van der Waals surface area contributed by atoms with Gasteiger partial charge in [-0.3, -0.25) is 0 Å². The highest BCUT2D eigenvalue weighted by molar-refractivity contribution is 9.10. The molecule has 0 radical (unpaired) electrons. The molecule has 2 unspecified atom stereocenters. The van der Waals surface area contributed by atoms with Crippen LogP contribution in [0.1, 0.15) is 12.5 Å². The first-order chi connectivity index (χ1) is 8.90. The predicted octanol–water partition coefficient (Wildman–Crippen LogP) is 2.47. The molecule has 1 aromatic carbocycles. The Balaban J connectivity index is 2.22. The van der Waals surface area contributed by atoms with Gasteiger partial charge >= 0.3 is 0 Å². The van der Waals surface area contributed by atoms with Gasteiger partial charge in [-0.05, 0) is 54.1 Å². The molecule has 2 atom stereocenters. The topological polar surface area (TPSA) is 32.5 Å². The van der Waals surface area contributed by atoms with Gasteiger partial charge < -0.3 is 15.5 Å². The number of halogens is 1. The van der Waals surface area contributed by atoms with Crippen LogP contribution in [0.4, 0.5) is 5.69 Å². The van der Waals surface area contributed by atoms with Gasteiger partial charge in [-0.1, -0.05) is 19.1 Å². The molecule has 1 aliphatic rings. The molecule has 0 saturated carbocycles. The lowest BCUT2D eigenvalue weighted by atomic mass is 10.1. The van der Waals surface area contributed by atoms with Gasteiger partial charge in [-0.2, -0.15) is 0 Å². The lowest BCUT2D eigenvalue weighted by Gasteiger charge is -2.23. The highest BCUT2D eigenvalue weighted by atomic mass is 79.9. The molecule has 0 aromatic heterocycles. The number of hydrogen-bond donors (Lipinski definition) is 1. The van der Waals surface area contributed by atoms with E-state index in [9.17, 15) is 0 Å². The average molecular weight is 342 g/mol. The van der Waals surface area contributed by atoms with Crippen LogP contribution in [0.25, 0.3) is 0 Å². The number of hydrogen-bond acceptors (Lipinski definition) is 3. The summed E-state index contributed by atoms with van der Waals surface area (Å²) in [6, 6.07) is 6.70. The fourth-order valence-corrected chi connectivity index (χ4v) is 3.49. The number of nitrogens with two attached hydrogens (primary N) is 1. The third kappa shape index (κ3) is 3.09. The van der Waals surface area contributed by atoms with Gasteiger partial charge in [0.25, 0.3) is 0 Å². The summed E-state index contributed by atoms with van der Waals surface area (Å²) in [6.07, 6.45) is 0. The Bertz CT molecular complexity index is 490. The Kier molecular flexibility index (Phi) is 4.48. The van der Waals surface area contributed by atoms with E-state index in [1.165, 1.54) is 5.69 Å². The van der Waals surface area contributed by atoms with Crippen LogP contribution in [0.5, 0.6) is 0 Å². The van der Waals surface area contributed by atoms with Gasteiger partial charge in [0.05, 0.1) is 5.69 Å². The minimum absolute atomic E-state index is 0.438. The van der Waals surface area contributed by atoms with E-state index >= 15 is 0 Å². The minimum Gasteiger partial charge on any atom is -0.389 e. The van der Waals surface area contributed by atoms with Crippen LogP contribution in [0.2, 0.25) is 0 Å². The van der Waals surface area contributed by atoms with E-state index in [0.717, 1.165) is 23.1 Å². The number of nitrogens with zero attached hydrogens (tertiary/aromatic N) is 2. The Hall–Kier alpha value is -0.650. The summed E-state index contributed by atoms with van der Waals surface area (Å²) in [7, 11) is 4.30. The lowest BCUT2D eigenvalue weighted by molar-refractivity contribution is 0.266. The zero-order valence-electron chi connectivity index (χ0n) is 11.6. The molecule has 3 nitrogen and oxygen atoms in total. The summed E-state index contributed by atoms with van der Waals surface area (Å²) in [4.78, 5) is 5.17. The van der Waals surface area contributed by atoms with E-state index in [1.807, 2.05) is 12.1 Å². The second-order valence-electron chi connectivity index (χ2n) is 5.44. The highest BCUT2D eigenvalue weighted by Gasteiger charge is 2.31. The molecule has 19 heavy (non-hydrogen) atoms. The molecule has 1 saturated heterocycles. The van der Waals surface area contributed by atoms with E-state index in [-0.39, 0.29) is 0 Å². The molecule has 2 rings (SSSR count). The van der Waals surface area contributed by atoms with Crippen molar-refractivity contribution in [3.05, 3.63) is 28.2 Å². The smallest absolute Gasteiger partial charge is 0.104 e. The molecular weight excluding hydrogens is 322 g/mol. The van der Waals surface area contributed by atoms with Crippen molar-refractivity contribution in [3.8, 4) is 0 Å². The first-order valence-electron chi connectivity index (χ1n) is 6.41. The molecule has 0 bridgehead atoms. The normalized spacial score (nSPS) is 23.1. The maximum absolute atomic E-state index is 5.66. The molecule has 5 heteroatoms. The van der Waals surface area contributed by atoms with Crippen molar-refractivity contribution in [1.82, 2.24) is 4.90 Å². The summed E-state index contributed by atoms with van der Waals surface area (Å²) in [5.41, 5.74) is 7.78. The fourth-order valence-electron chi connectivity index (χ4n) is 2.74. The molecule has 1 heterocycles. The van der Waals surface area contributed by atoms with E-state index in [0.29, 0.717) is 16.9 Å². The Morgan fingerprint density at radius 3 is 2.58 bits per heavy atom. The van der Waals surface area contributed by atoms with Gasteiger partial charge in [0.15, 0.2) is 0 Å². The number of benzene rings is 1. The van der Waals surface area contributed by atoms with Crippen molar-refractivity contribution in [2.45, 2.75) is 13.0 Å². The molecule has 0 aliphatic carbocycles. The van der Waals surface area contributed by atoms with Crippen LogP contribution in [0.3, 0.4) is 0 Å². The maximum atomic E-state index is 5.66. The van der Waals surface area contributed by atoms with Crippen molar-refractivity contribution < 1.29 is 0 Å². The molecule has 1 aliphatic heterocycles. The van der Waals surface area contributed by atoms with Gasteiger partial charge in [-0.25, -0.2) is 0 Å². The quantitative estimate of drug-likeness (QED) is 0.856. The molecular formula is C14H20BrN3S. The zero-order valence-corrected chi connectivity index (χ0v) is 14.0. The van der Waals surface area contributed by atoms with Crippen molar-refractivity contribution in [1.29, 1.82) is 0 Å². The molecule has 1 fully saturated rings. The van der Waals surface area contributed by atoms with Crippen molar-refractivity contribution >= 4 is 38.8 Å². The fraction of sp³-hybridized carbons (Fsp3) is 0.500. The summed E-state index contributed by atoms with van der Waals surface area (Å²) in [6.45, 7) is 4.44. The summed E-state index contributed by atoms with van der Waals surface area (Å²) in [5.74, 6) is 0.664. The number of likely N-dealkylation sites (N-methyl/N-ethyl adjacent to an activating group) is 1. The first-order valence-corrected chi connectivity index (χ1v) is 7.61. The lowest BCUT2D eigenvalue weighted by Crippen LogP contribution is -2.34. The summed E-state index contributed by atoms with van der Waals surface area (Å²) < 4.78 is 1.06. The van der Waals surface area contributed by atoms with Crippen LogP contribution < -0.4 is 10.6 Å². The highest BCUT2D eigenvalue weighted by Crippen LogP contribution is 2.32. The minimum atomic E-state index is 0.438. The largest absolute Gasteiger partial charge is 0.389 e. The van der Waals surface area contributed by atoms with Gasteiger partial charge in [0.2, 0.25) is 0 Å². The SMILES string of the molecule is CC1CN(c2ccc(C(N)=S)cc2Br)CC1N(C)C. The number of rotatable bonds is 3. The van der Waals surface area contributed by atoms with E-state index in [4.69, 9.17) is 18.0 Å². The van der Waals surface area contributed by atoms with Crippen molar-refractivity contribution in [2.24, 2.45) is 11.7 Å². The molecule has 0 spiro atoms. The number of thiocarbonyl (C=S) groups is 1. The van der Waals surface area contributed by atoms with E-state index < -0.39 is 0 Å². The first kappa shape index (κ1) is 14.8. The molecule has 104 valence electrons. The average Bonchev–Trinajstić information content (AvgIpc) is 2.71. The third-order valence-electron chi connectivity index (χ3n) is 3.81. The van der Waals surface area contributed by atoms with Crippen molar-refractivity contribution in [2.75, 3.05) is 32.1 Å². The van der Waals surface area contributed by atoms with Crippen LogP contribution in [-0.4, -0.2) is 43.1 Å². The Morgan fingerprint density at radius 2 is 2.11 bits per heavy atom. The number of anilines is 1. The zero-order chi connectivity index (χ0) is 14.2. The van der Waals surface area contributed by atoms with E-state index in [2.05, 4.69) is 52.8 Å². The second-order valence-corrected chi connectivity index (χ2v) is 6.74. The van der Waals surface area contributed by atoms with Crippen LogP contribution in [0.15, 0.2) is 22.7 Å². The Labute approximate surface area is 128 Å². The van der Waals surface area contributed by atoms with Gasteiger partial charge in [0.1, 0.15) is 4.99 Å². The summed E-state index contributed by atoms with van der Waals surface area (Å²) in [5, 5.41) is 0. The standard InChI is InChI=1S/C14H20BrN3S/c1-9-7-18(8-13(9)17(2)3)12-5-4-10(14(16)19)6-11(12)15/h4-6,9,13H,7-8H2,1-3H3,(H2,16,19). The van der Waals surface area contributed by atoms with Gasteiger partial charge in [-0.15, -0.1) is 0 Å². The van der Waals surface area contributed by atoms with Gasteiger partial charge in [0, 0.05) is 29.2 Å². The monoisotopic (exact) mass is 341 g/mol. The van der Waals surface area contributed by atoms with Crippen LogP contribution in [0, 0.1) is 5.92 Å². The maximum Gasteiger partial charge on any atom is 0.104 e. The summed E-state index contributed by atoms with van der Waals surface area (Å²) >= 11 is 8.64. The molecule has 2 N–H and O–H groups in total. The van der Waals surface area contributed by atoms with Crippen LogP contribution in [-0.2, 0) is 0 Å². The molecule has 0 amide bonds. The van der Waals surface area contributed by atoms with Crippen molar-refractivity contribution in [3.63, 3.8) is 0 Å².